The lowest BCUT2D eigenvalue weighted by atomic mass is 10.1. The van der Waals surface area contributed by atoms with Crippen molar-refractivity contribution in [1.29, 1.82) is 0 Å². The molecular formula is C15H15O7PS. The van der Waals surface area contributed by atoms with Crippen LogP contribution in [0.3, 0.4) is 0 Å². The molecule has 0 atom stereocenters. The van der Waals surface area contributed by atoms with Crippen LogP contribution in [-0.4, -0.2) is 29.8 Å². The van der Waals surface area contributed by atoms with Gasteiger partial charge >= 0.3 is 7.82 Å². The average Bonchev–Trinajstić information content (AvgIpc) is 3.03. The number of phosphoric ester groups is 1. The van der Waals surface area contributed by atoms with Gasteiger partial charge in [-0.25, -0.2) is 4.57 Å². The zero-order valence-corrected chi connectivity index (χ0v) is 14.5. The minimum absolute atomic E-state index is 0.0821. The van der Waals surface area contributed by atoms with Crippen LogP contribution in [0.2, 0.25) is 0 Å². The quantitative estimate of drug-likeness (QED) is 0.438. The number of thiophene rings is 1. The van der Waals surface area contributed by atoms with E-state index in [1.165, 1.54) is 43.8 Å². The van der Waals surface area contributed by atoms with Crippen molar-refractivity contribution in [3.05, 3.63) is 46.2 Å². The summed E-state index contributed by atoms with van der Waals surface area (Å²) >= 11 is 1.44. The fourth-order valence-corrected chi connectivity index (χ4v) is 2.93. The standard InChI is InChI=1S/C15H15O7PS/c1-20-10-8-13(21-2)15(14(9-10)22-23(17,18)19)12(16)6-5-11-4-3-7-24-11/h3-9H,1-2H3,(H2,17,18,19). The summed E-state index contributed by atoms with van der Waals surface area (Å²) in [5.74, 6) is -0.528. The van der Waals surface area contributed by atoms with Crippen molar-refractivity contribution in [3.8, 4) is 17.2 Å². The molecule has 1 aromatic heterocycles. The molecule has 1 aromatic carbocycles. The Labute approximate surface area is 142 Å². The Balaban J connectivity index is 2.48. The number of benzene rings is 1. The fourth-order valence-electron chi connectivity index (χ4n) is 1.91. The average molecular weight is 370 g/mol. The highest BCUT2D eigenvalue weighted by Gasteiger charge is 2.25. The van der Waals surface area contributed by atoms with Gasteiger partial charge in [0, 0.05) is 17.0 Å². The Kier molecular flexibility index (Phi) is 5.80. The van der Waals surface area contributed by atoms with Crippen molar-refractivity contribution >= 4 is 31.0 Å². The summed E-state index contributed by atoms with van der Waals surface area (Å²) in [6.45, 7) is 0. The number of carbonyl (C=O) groups is 1. The SMILES string of the molecule is COc1cc(OC)c(C(=O)C=Cc2cccs2)c(OP(=O)(O)O)c1. The Morgan fingerprint density at radius 1 is 1.21 bits per heavy atom. The van der Waals surface area contributed by atoms with Gasteiger partial charge in [-0.15, -0.1) is 11.3 Å². The molecule has 24 heavy (non-hydrogen) atoms. The van der Waals surface area contributed by atoms with Crippen LogP contribution in [0.5, 0.6) is 17.2 Å². The molecule has 0 radical (unpaired) electrons. The second-order valence-corrected chi connectivity index (χ2v) is 6.64. The largest absolute Gasteiger partial charge is 0.524 e. The molecule has 2 aromatic rings. The molecule has 0 unspecified atom stereocenters. The second kappa shape index (κ2) is 7.63. The molecule has 0 aliphatic rings. The molecule has 0 saturated heterocycles. The van der Waals surface area contributed by atoms with Crippen molar-refractivity contribution in [3.63, 3.8) is 0 Å². The zero-order chi connectivity index (χ0) is 17.7. The number of carbonyl (C=O) groups excluding carboxylic acids is 1. The first-order valence-corrected chi connectivity index (χ1v) is 9.02. The summed E-state index contributed by atoms with van der Waals surface area (Å²) in [6.07, 6.45) is 2.88. The molecule has 2 N–H and O–H groups in total. The van der Waals surface area contributed by atoms with Crippen molar-refractivity contribution in [1.82, 2.24) is 0 Å². The number of methoxy groups -OCH3 is 2. The number of rotatable bonds is 7. The molecule has 0 bridgehead atoms. The molecular weight excluding hydrogens is 355 g/mol. The van der Waals surface area contributed by atoms with E-state index in [2.05, 4.69) is 4.52 Å². The van der Waals surface area contributed by atoms with E-state index in [1.807, 2.05) is 17.5 Å². The van der Waals surface area contributed by atoms with Gasteiger partial charge in [0.15, 0.2) is 5.78 Å². The number of allylic oxidation sites excluding steroid dienone is 1. The Bertz CT molecular complexity index is 792. The lowest BCUT2D eigenvalue weighted by Crippen LogP contribution is -2.04. The molecule has 0 fully saturated rings. The van der Waals surface area contributed by atoms with Gasteiger partial charge in [-0.3, -0.25) is 14.6 Å². The predicted octanol–water partition coefficient (Wildman–Crippen LogP) is 3.13. The zero-order valence-electron chi connectivity index (χ0n) is 12.8. The monoisotopic (exact) mass is 370 g/mol. The van der Waals surface area contributed by atoms with E-state index in [1.54, 1.807) is 6.08 Å². The number of hydrogen-bond donors (Lipinski definition) is 2. The van der Waals surface area contributed by atoms with Gasteiger partial charge in [0.1, 0.15) is 22.8 Å². The van der Waals surface area contributed by atoms with E-state index in [-0.39, 0.29) is 22.8 Å². The highest BCUT2D eigenvalue weighted by Crippen LogP contribution is 2.43. The Hall–Kier alpha value is -2.12. The van der Waals surface area contributed by atoms with Crippen LogP contribution in [0, 0.1) is 0 Å². The molecule has 0 spiro atoms. The van der Waals surface area contributed by atoms with Gasteiger partial charge in [0.05, 0.1) is 14.2 Å². The first kappa shape index (κ1) is 18.2. The summed E-state index contributed by atoms with van der Waals surface area (Å²) in [4.78, 5) is 31.5. The molecule has 2 rings (SSSR count). The third kappa shape index (κ3) is 4.69. The van der Waals surface area contributed by atoms with Crippen molar-refractivity contribution in [2.75, 3.05) is 14.2 Å². The van der Waals surface area contributed by atoms with Crippen LogP contribution in [0.1, 0.15) is 15.2 Å². The minimum Gasteiger partial charge on any atom is -0.496 e. The lowest BCUT2D eigenvalue weighted by Gasteiger charge is -2.15. The highest BCUT2D eigenvalue weighted by molar-refractivity contribution is 7.46. The first-order chi connectivity index (χ1) is 11.3. The summed E-state index contributed by atoms with van der Waals surface area (Å²) < 4.78 is 26.0. The molecule has 0 aliphatic heterocycles. The first-order valence-electron chi connectivity index (χ1n) is 6.61. The van der Waals surface area contributed by atoms with E-state index in [0.717, 1.165) is 4.88 Å². The van der Waals surface area contributed by atoms with Crippen molar-refractivity contribution in [2.45, 2.75) is 0 Å². The second-order valence-electron chi connectivity index (χ2n) is 4.50. The third-order valence-electron chi connectivity index (χ3n) is 2.90. The van der Waals surface area contributed by atoms with Gasteiger partial charge in [-0.1, -0.05) is 6.07 Å². The van der Waals surface area contributed by atoms with E-state index >= 15 is 0 Å². The van der Waals surface area contributed by atoms with Crippen molar-refractivity contribution in [2.24, 2.45) is 0 Å². The van der Waals surface area contributed by atoms with Gasteiger partial charge in [-0.05, 0) is 23.6 Å². The fraction of sp³-hybridized carbons (Fsp3) is 0.133. The van der Waals surface area contributed by atoms with Crippen LogP contribution in [-0.2, 0) is 4.57 Å². The van der Waals surface area contributed by atoms with Gasteiger partial charge < -0.3 is 14.0 Å². The van der Waals surface area contributed by atoms with E-state index in [4.69, 9.17) is 19.3 Å². The third-order valence-corrected chi connectivity index (χ3v) is 4.17. The number of phosphoric acid groups is 1. The molecule has 7 nitrogen and oxygen atoms in total. The minimum atomic E-state index is -4.87. The Morgan fingerprint density at radius 2 is 1.92 bits per heavy atom. The lowest BCUT2D eigenvalue weighted by molar-refractivity contribution is 0.104. The van der Waals surface area contributed by atoms with Gasteiger partial charge in [0.2, 0.25) is 0 Å². The topological polar surface area (TPSA) is 102 Å². The Morgan fingerprint density at radius 3 is 2.46 bits per heavy atom. The molecule has 128 valence electrons. The smallest absolute Gasteiger partial charge is 0.496 e. The summed E-state index contributed by atoms with van der Waals surface area (Å²) in [5, 5.41) is 1.86. The van der Waals surface area contributed by atoms with Gasteiger partial charge in [0.25, 0.3) is 0 Å². The molecule has 0 saturated carbocycles. The van der Waals surface area contributed by atoms with Crippen LogP contribution < -0.4 is 14.0 Å². The van der Waals surface area contributed by atoms with Crippen LogP contribution in [0.15, 0.2) is 35.7 Å². The summed E-state index contributed by atoms with van der Waals surface area (Å²) in [6, 6.07) is 6.31. The van der Waals surface area contributed by atoms with Crippen molar-refractivity contribution < 1.29 is 33.1 Å². The molecule has 0 aliphatic carbocycles. The summed E-state index contributed by atoms with van der Waals surface area (Å²) in [7, 11) is -2.17. The number of ketones is 1. The van der Waals surface area contributed by atoms with E-state index in [9.17, 15) is 9.36 Å². The van der Waals surface area contributed by atoms with Crippen LogP contribution in [0.4, 0.5) is 0 Å². The molecule has 0 amide bonds. The maximum absolute atomic E-state index is 12.5. The molecule has 1 heterocycles. The van der Waals surface area contributed by atoms with Gasteiger partial charge in [-0.2, -0.15) is 0 Å². The number of hydrogen-bond acceptors (Lipinski definition) is 6. The highest BCUT2D eigenvalue weighted by atomic mass is 32.1. The summed E-state index contributed by atoms with van der Waals surface area (Å²) in [5.41, 5.74) is -0.102. The predicted molar refractivity (Wildman–Crippen MR) is 89.9 cm³/mol. The van der Waals surface area contributed by atoms with E-state index in [0.29, 0.717) is 0 Å². The number of ether oxygens (including phenoxy) is 2. The van der Waals surface area contributed by atoms with Crippen LogP contribution in [0.25, 0.3) is 6.08 Å². The normalized spacial score (nSPS) is 11.5. The maximum Gasteiger partial charge on any atom is 0.524 e. The maximum atomic E-state index is 12.5. The van der Waals surface area contributed by atoms with Crippen LogP contribution >= 0.6 is 19.2 Å². The van der Waals surface area contributed by atoms with E-state index < -0.39 is 13.6 Å². The molecule has 9 heteroatoms.